The van der Waals surface area contributed by atoms with Crippen LogP contribution in [0.25, 0.3) is 0 Å². The van der Waals surface area contributed by atoms with E-state index in [4.69, 9.17) is 9.78 Å². The molecular formula is C12H19N5O. The zero-order valence-electron chi connectivity index (χ0n) is 10.9. The Bertz CT molecular complexity index is 422. The van der Waals surface area contributed by atoms with E-state index in [1.807, 2.05) is 0 Å². The fraction of sp³-hybridized carbons (Fsp3) is 0.750. The van der Waals surface area contributed by atoms with Crippen molar-refractivity contribution >= 4 is 0 Å². The maximum atomic E-state index is 9.07. The quantitative estimate of drug-likeness (QED) is 0.840. The molecule has 1 aromatic heterocycles. The summed E-state index contributed by atoms with van der Waals surface area (Å²) in [6.07, 6.45) is 0.826. The molecule has 98 valence electrons. The number of nitrogens with zero attached hydrogens (tertiary/aromatic N) is 4. The van der Waals surface area contributed by atoms with Crippen molar-refractivity contribution in [3.63, 3.8) is 0 Å². The minimum Gasteiger partial charge on any atom is -0.338 e. The number of rotatable bonds is 4. The van der Waals surface area contributed by atoms with Crippen LogP contribution in [0.4, 0.5) is 0 Å². The van der Waals surface area contributed by atoms with Gasteiger partial charge in [-0.15, -0.1) is 0 Å². The molecule has 6 nitrogen and oxygen atoms in total. The number of nitrogens with one attached hydrogen (secondary N) is 1. The van der Waals surface area contributed by atoms with E-state index in [0.717, 1.165) is 25.3 Å². The maximum absolute atomic E-state index is 9.07. The second kappa shape index (κ2) is 5.94. The van der Waals surface area contributed by atoms with E-state index in [2.05, 4.69) is 40.3 Å². The van der Waals surface area contributed by atoms with Crippen molar-refractivity contribution < 1.29 is 4.52 Å². The lowest BCUT2D eigenvalue weighted by Crippen LogP contribution is -2.50. The molecule has 1 saturated heterocycles. The predicted octanol–water partition coefficient (Wildman–Crippen LogP) is 0.565. The molecule has 0 aromatic carbocycles. The normalized spacial score (nSPS) is 21.1. The molecule has 0 radical (unpaired) electrons. The number of hydrogen-bond acceptors (Lipinski definition) is 6. The fourth-order valence-corrected chi connectivity index (χ4v) is 2.04. The Kier molecular flexibility index (Phi) is 4.28. The number of aromatic nitrogens is 2. The van der Waals surface area contributed by atoms with Crippen LogP contribution in [0.5, 0.6) is 0 Å². The van der Waals surface area contributed by atoms with Gasteiger partial charge in [-0.05, 0) is 5.92 Å². The molecule has 0 spiro atoms. The van der Waals surface area contributed by atoms with Gasteiger partial charge in [0.2, 0.25) is 5.89 Å². The summed E-state index contributed by atoms with van der Waals surface area (Å²) >= 11 is 0. The van der Waals surface area contributed by atoms with Crippen molar-refractivity contribution in [2.45, 2.75) is 32.9 Å². The topological polar surface area (TPSA) is 78.0 Å². The highest BCUT2D eigenvalue weighted by molar-refractivity contribution is 4.98. The third-order valence-corrected chi connectivity index (χ3v) is 2.94. The Morgan fingerprint density at radius 3 is 3.17 bits per heavy atom. The molecule has 0 amide bonds. The third-order valence-electron chi connectivity index (χ3n) is 2.94. The van der Waals surface area contributed by atoms with Crippen LogP contribution in [0.15, 0.2) is 4.52 Å². The van der Waals surface area contributed by atoms with Gasteiger partial charge in [-0.25, -0.2) is 0 Å². The number of hydrogen-bond donors (Lipinski definition) is 1. The first-order chi connectivity index (χ1) is 8.69. The average molecular weight is 249 g/mol. The van der Waals surface area contributed by atoms with Crippen LogP contribution in [0, 0.1) is 17.2 Å². The Balaban J connectivity index is 1.96. The number of nitriles is 1. The highest BCUT2D eigenvalue weighted by Gasteiger charge is 2.23. The summed E-state index contributed by atoms with van der Waals surface area (Å²) in [4.78, 5) is 6.44. The minimum absolute atomic E-state index is 0.112. The summed E-state index contributed by atoms with van der Waals surface area (Å²) in [6, 6.07) is 2.17. The van der Waals surface area contributed by atoms with Crippen molar-refractivity contribution in [1.29, 1.82) is 5.26 Å². The van der Waals surface area contributed by atoms with Crippen LogP contribution in [-0.4, -0.2) is 40.7 Å². The molecule has 0 aliphatic carbocycles. The van der Waals surface area contributed by atoms with Gasteiger partial charge in [-0.2, -0.15) is 10.2 Å². The van der Waals surface area contributed by atoms with E-state index in [1.54, 1.807) is 0 Å². The van der Waals surface area contributed by atoms with Gasteiger partial charge in [0.15, 0.2) is 5.82 Å². The average Bonchev–Trinajstić information content (AvgIpc) is 2.76. The molecule has 0 saturated carbocycles. The summed E-state index contributed by atoms with van der Waals surface area (Å²) in [5.41, 5.74) is 0. The van der Waals surface area contributed by atoms with E-state index in [0.29, 0.717) is 24.9 Å². The van der Waals surface area contributed by atoms with Gasteiger partial charge in [0.25, 0.3) is 0 Å². The van der Waals surface area contributed by atoms with Crippen LogP contribution in [0.2, 0.25) is 0 Å². The first-order valence-electron chi connectivity index (χ1n) is 6.35. The standard InChI is InChI=1S/C12H19N5O/c1-9(2)5-11-15-12(18-16-11)8-17-4-3-14-7-10(17)6-13/h9-10,14H,3-5,7-8H2,1-2H3. The first-order valence-corrected chi connectivity index (χ1v) is 6.35. The van der Waals surface area contributed by atoms with Crippen LogP contribution in [0.1, 0.15) is 25.6 Å². The van der Waals surface area contributed by atoms with Crippen molar-refractivity contribution in [2.75, 3.05) is 19.6 Å². The largest absolute Gasteiger partial charge is 0.338 e. The molecule has 1 aliphatic heterocycles. The molecule has 1 N–H and O–H groups in total. The van der Waals surface area contributed by atoms with Crippen LogP contribution in [-0.2, 0) is 13.0 Å². The van der Waals surface area contributed by atoms with Crippen molar-refractivity contribution in [1.82, 2.24) is 20.4 Å². The Labute approximate surface area is 107 Å². The third kappa shape index (κ3) is 3.28. The molecule has 1 aromatic rings. The second-order valence-electron chi connectivity index (χ2n) is 5.02. The maximum Gasteiger partial charge on any atom is 0.240 e. The van der Waals surface area contributed by atoms with Gasteiger partial charge in [0.05, 0.1) is 12.6 Å². The van der Waals surface area contributed by atoms with Crippen molar-refractivity contribution in [2.24, 2.45) is 5.92 Å². The van der Waals surface area contributed by atoms with E-state index in [-0.39, 0.29) is 6.04 Å². The molecule has 18 heavy (non-hydrogen) atoms. The van der Waals surface area contributed by atoms with Crippen molar-refractivity contribution in [3.8, 4) is 6.07 Å². The lowest BCUT2D eigenvalue weighted by atomic mass is 10.1. The highest BCUT2D eigenvalue weighted by atomic mass is 16.5. The predicted molar refractivity (Wildman–Crippen MR) is 65.5 cm³/mol. The van der Waals surface area contributed by atoms with E-state index in [9.17, 15) is 0 Å². The molecule has 0 bridgehead atoms. The van der Waals surface area contributed by atoms with Gasteiger partial charge in [-0.3, -0.25) is 4.90 Å². The molecule has 1 fully saturated rings. The Hall–Kier alpha value is -1.45. The molecular weight excluding hydrogens is 230 g/mol. The van der Waals surface area contributed by atoms with Gasteiger partial charge in [0, 0.05) is 26.1 Å². The van der Waals surface area contributed by atoms with Gasteiger partial charge < -0.3 is 9.84 Å². The second-order valence-corrected chi connectivity index (χ2v) is 5.02. The molecule has 1 aliphatic rings. The lowest BCUT2D eigenvalue weighted by molar-refractivity contribution is 0.166. The van der Waals surface area contributed by atoms with Crippen LogP contribution >= 0.6 is 0 Å². The molecule has 1 unspecified atom stereocenters. The zero-order chi connectivity index (χ0) is 13.0. The van der Waals surface area contributed by atoms with Gasteiger partial charge >= 0.3 is 0 Å². The van der Waals surface area contributed by atoms with Gasteiger partial charge in [-0.1, -0.05) is 19.0 Å². The van der Waals surface area contributed by atoms with E-state index >= 15 is 0 Å². The highest BCUT2D eigenvalue weighted by Crippen LogP contribution is 2.10. The Morgan fingerprint density at radius 1 is 1.61 bits per heavy atom. The number of piperazine rings is 1. The SMILES string of the molecule is CC(C)Cc1noc(CN2CCNCC2C#N)n1. The fourth-order valence-electron chi connectivity index (χ4n) is 2.04. The van der Waals surface area contributed by atoms with Crippen LogP contribution in [0.3, 0.4) is 0 Å². The molecule has 6 heteroatoms. The summed E-state index contributed by atoms with van der Waals surface area (Å²) in [5.74, 6) is 1.87. The molecule has 2 rings (SSSR count). The monoisotopic (exact) mass is 249 g/mol. The summed E-state index contributed by atoms with van der Waals surface area (Å²) in [6.45, 7) is 7.23. The van der Waals surface area contributed by atoms with Gasteiger partial charge in [0.1, 0.15) is 6.04 Å². The van der Waals surface area contributed by atoms with Crippen LogP contribution < -0.4 is 5.32 Å². The van der Waals surface area contributed by atoms with E-state index in [1.165, 1.54) is 0 Å². The lowest BCUT2D eigenvalue weighted by Gasteiger charge is -2.30. The summed E-state index contributed by atoms with van der Waals surface area (Å²) < 4.78 is 5.23. The summed E-state index contributed by atoms with van der Waals surface area (Å²) in [5, 5.41) is 16.2. The smallest absolute Gasteiger partial charge is 0.240 e. The molecule has 1 atom stereocenters. The Morgan fingerprint density at radius 2 is 2.44 bits per heavy atom. The van der Waals surface area contributed by atoms with Crippen molar-refractivity contribution in [3.05, 3.63) is 11.7 Å². The first kappa shape index (κ1) is 13.0. The minimum atomic E-state index is -0.112. The summed E-state index contributed by atoms with van der Waals surface area (Å²) in [7, 11) is 0. The molecule has 2 heterocycles. The zero-order valence-corrected chi connectivity index (χ0v) is 10.9. The van der Waals surface area contributed by atoms with E-state index < -0.39 is 0 Å².